The zero-order chi connectivity index (χ0) is 9.47. The minimum atomic E-state index is -0.645. The summed E-state index contributed by atoms with van der Waals surface area (Å²) in [6.45, 7) is 1.90. The first-order valence-electron chi connectivity index (χ1n) is 4.61. The lowest BCUT2D eigenvalue weighted by Gasteiger charge is -2.31. The van der Waals surface area contributed by atoms with Gasteiger partial charge in [-0.2, -0.15) is 0 Å². The molecule has 0 saturated carbocycles. The van der Waals surface area contributed by atoms with E-state index in [-0.39, 0.29) is 0 Å². The zero-order valence-corrected chi connectivity index (χ0v) is 9.26. The fraction of sp³-hybridized carbons (Fsp3) is 0.455. The van der Waals surface area contributed by atoms with E-state index in [1.54, 1.807) is 0 Å². The van der Waals surface area contributed by atoms with Crippen LogP contribution < -0.4 is 0 Å². The average molecular weight is 241 g/mol. The number of rotatable bonds is 0. The first-order chi connectivity index (χ1) is 6.11. The number of benzene rings is 1. The predicted molar refractivity (Wildman–Crippen MR) is 56.7 cm³/mol. The Balaban J connectivity index is 2.61. The summed E-state index contributed by atoms with van der Waals surface area (Å²) in [6.07, 6.45) is 3.03. The Bertz CT molecular complexity index is 331. The smallest absolute Gasteiger partial charge is 0.0882 e. The molecule has 0 amide bonds. The molecule has 0 aromatic heterocycles. The van der Waals surface area contributed by atoms with Crippen molar-refractivity contribution in [3.05, 3.63) is 33.8 Å². The molecule has 1 aromatic rings. The third-order valence-corrected chi connectivity index (χ3v) is 3.41. The predicted octanol–water partition coefficient (Wildman–Crippen LogP) is 2.99. The molecule has 2 heteroatoms. The van der Waals surface area contributed by atoms with Crippen molar-refractivity contribution in [2.75, 3.05) is 0 Å². The summed E-state index contributed by atoms with van der Waals surface area (Å²) in [4.78, 5) is 0. The average Bonchev–Trinajstić information content (AvgIpc) is 2.02. The molecule has 0 bridgehead atoms. The van der Waals surface area contributed by atoms with E-state index < -0.39 is 5.60 Å². The van der Waals surface area contributed by atoms with Gasteiger partial charge < -0.3 is 5.11 Å². The molecule has 0 aliphatic heterocycles. The van der Waals surface area contributed by atoms with Gasteiger partial charge in [-0.25, -0.2) is 0 Å². The maximum atomic E-state index is 10.2. The van der Waals surface area contributed by atoms with Gasteiger partial charge in [0.2, 0.25) is 0 Å². The van der Waals surface area contributed by atoms with Gasteiger partial charge in [0.05, 0.1) is 5.60 Å². The Morgan fingerprint density at radius 1 is 1.46 bits per heavy atom. The number of aliphatic hydroxyl groups is 1. The summed E-state index contributed by atoms with van der Waals surface area (Å²) < 4.78 is 1.04. The number of halogens is 1. The van der Waals surface area contributed by atoms with Crippen molar-refractivity contribution in [1.29, 1.82) is 0 Å². The Kier molecular flexibility index (Phi) is 2.20. The number of aryl methyl sites for hydroxylation is 1. The standard InChI is InChI=1S/C11H13BrO/c1-11(13)7-3-5-8-4-2-6-9(12)10(8)11/h2,4,6,13H,3,5,7H2,1H3/t11-/m0/s1. The lowest BCUT2D eigenvalue weighted by Crippen LogP contribution is -2.27. The van der Waals surface area contributed by atoms with Crippen molar-refractivity contribution >= 4 is 15.9 Å². The molecular formula is C11H13BrO. The topological polar surface area (TPSA) is 20.2 Å². The molecule has 0 radical (unpaired) electrons. The molecule has 0 fully saturated rings. The second-order valence-electron chi connectivity index (χ2n) is 3.90. The van der Waals surface area contributed by atoms with Crippen molar-refractivity contribution < 1.29 is 5.11 Å². The summed E-state index contributed by atoms with van der Waals surface area (Å²) in [5, 5.41) is 10.2. The zero-order valence-electron chi connectivity index (χ0n) is 7.68. The van der Waals surface area contributed by atoms with Crippen molar-refractivity contribution in [3.63, 3.8) is 0 Å². The highest BCUT2D eigenvalue weighted by Crippen LogP contribution is 2.39. The van der Waals surface area contributed by atoms with Gasteiger partial charge >= 0.3 is 0 Å². The summed E-state index contributed by atoms with van der Waals surface area (Å²) in [6, 6.07) is 6.14. The quantitative estimate of drug-likeness (QED) is 0.740. The maximum Gasteiger partial charge on any atom is 0.0882 e. The summed E-state index contributed by atoms with van der Waals surface area (Å²) >= 11 is 3.50. The Morgan fingerprint density at radius 2 is 2.23 bits per heavy atom. The molecule has 13 heavy (non-hydrogen) atoms. The minimum Gasteiger partial charge on any atom is -0.385 e. The van der Waals surface area contributed by atoms with Crippen LogP contribution in [-0.2, 0) is 12.0 Å². The van der Waals surface area contributed by atoms with Crippen LogP contribution in [0.25, 0.3) is 0 Å². The molecular weight excluding hydrogens is 228 g/mol. The van der Waals surface area contributed by atoms with Crippen LogP contribution in [0.1, 0.15) is 30.9 Å². The van der Waals surface area contributed by atoms with Gasteiger partial charge in [0.1, 0.15) is 0 Å². The lowest BCUT2D eigenvalue weighted by molar-refractivity contribution is 0.0379. The second-order valence-corrected chi connectivity index (χ2v) is 4.76. The Labute approximate surface area is 86.9 Å². The second kappa shape index (κ2) is 3.10. The van der Waals surface area contributed by atoms with E-state index in [0.29, 0.717) is 0 Å². The van der Waals surface area contributed by atoms with E-state index in [1.165, 1.54) is 5.56 Å². The minimum absolute atomic E-state index is 0.645. The van der Waals surface area contributed by atoms with Crippen molar-refractivity contribution in [2.45, 2.75) is 31.8 Å². The summed E-state index contributed by atoms with van der Waals surface area (Å²) in [5.41, 5.74) is 1.72. The van der Waals surface area contributed by atoms with E-state index in [0.717, 1.165) is 29.3 Å². The first-order valence-corrected chi connectivity index (χ1v) is 5.41. The number of hydrogen-bond donors (Lipinski definition) is 1. The molecule has 0 unspecified atom stereocenters. The van der Waals surface area contributed by atoms with Gasteiger partial charge in [0, 0.05) is 10.0 Å². The normalized spacial score (nSPS) is 27.0. The Hall–Kier alpha value is -0.340. The molecule has 1 nitrogen and oxygen atoms in total. The van der Waals surface area contributed by atoms with Gasteiger partial charge in [0.15, 0.2) is 0 Å². The molecule has 2 rings (SSSR count). The molecule has 0 spiro atoms. The number of hydrogen-bond acceptors (Lipinski definition) is 1. The van der Waals surface area contributed by atoms with Gasteiger partial charge in [0.25, 0.3) is 0 Å². The highest BCUT2D eigenvalue weighted by molar-refractivity contribution is 9.10. The molecule has 0 saturated heterocycles. The first kappa shape index (κ1) is 9.22. The van der Waals surface area contributed by atoms with Crippen LogP contribution in [0.2, 0.25) is 0 Å². The van der Waals surface area contributed by atoms with Gasteiger partial charge in [-0.3, -0.25) is 0 Å². The van der Waals surface area contributed by atoms with E-state index in [2.05, 4.69) is 22.0 Å². The highest BCUT2D eigenvalue weighted by atomic mass is 79.9. The van der Waals surface area contributed by atoms with Gasteiger partial charge in [-0.05, 0) is 37.8 Å². The fourth-order valence-electron chi connectivity index (χ4n) is 2.13. The van der Waals surface area contributed by atoms with Crippen molar-refractivity contribution in [2.24, 2.45) is 0 Å². The summed E-state index contributed by atoms with van der Waals surface area (Å²) in [5.74, 6) is 0. The monoisotopic (exact) mass is 240 g/mol. The van der Waals surface area contributed by atoms with Crippen LogP contribution >= 0.6 is 15.9 Å². The van der Waals surface area contributed by atoms with E-state index >= 15 is 0 Å². The lowest BCUT2D eigenvalue weighted by atomic mass is 9.80. The molecule has 70 valence electrons. The third kappa shape index (κ3) is 1.53. The third-order valence-electron chi connectivity index (χ3n) is 2.75. The van der Waals surface area contributed by atoms with Crippen molar-refractivity contribution in [1.82, 2.24) is 0 Å². The summed E-state index contributed by atoms with van der Waals surface area (Å²) in [7, 11) is 0. The SMILES string of the molecule is C[C@]1(O)CCCc2cccc(Br)c21. The van der Waals surface area contributed by atoms with Crippen LogP contribution in [0, 0.1) is 0 Å². The number of fused-ring (bicyclic) bond motifs is 1. The molecule has 1 aromatic carbocycles. The highest BCUT2D eigenvalue weighted by Gasteiger charge is 2.30. The fourth-order valence-corrected chi connectivity index (χ4v) is 2.96. The molecule has 1 aliphatic carbocycles. The molecule has 1 N–H and O–H groups in total. The van der Waals surface area contributed by atoms with Gasteiger partial charge in [-0.1, -0.05) is 28.1 Å². The van der Waals surface area contributed by atoms with Gasteiger partial charge in [-0.15, -0.1) is 0 Å². The van der Waals surface area contributed by atoms with Crippen molar-refractivity contribution in [3.8, 4) is 0 Å². The van der Waals surface area contributed by atoms with E-state index in [4.69, 9.17) is 0 Å². The van der Waals surface area contributed by atoms with Crippen LogP contribution in [-0.4, -0.2) is 5.11 Å². The largest absolute Gasteiger partial charge is 0.385 e. The molecule has 1 aliphatic rings. The maximum absolute atomic E-state index is 10.2. The molecule has 0 heterocycles. The van der Waals surface area contributed by atoms with Crippen LogP contribution in [0.5, 0.6) is 0 Å². The Morgan fingerprint density at radius 3 is 2.92 bits per heavy atom. The van der Waals surface area contributed by atoms with Crippen LogP contribution in [0.15, 0.2) is 22.7 Å². The van der Waals surface area contributed by atoms with E-state index in [9.17, 15) is 5.11 Å². The van der Waals surface area contributed by atoms with Crippen LogP contribution in [0.3, 0.4) is 0 Å². The molecule has 1 atom stereocenters. The van der Waals surface area contributed by atoms with Crippen LogP contribution in [0.4, 0.5) is 0 Å². The van der Waals surface area contributed by atoms with E-state index in [1.807, 2.05) is 19.1 Å².